The van der Waals surface area contributed by atoms with E-state index in [1.54, 1.807) is 17.8 Å². The van der Waals surface area contributed by atoms with E-state index in [9.17, 15) is 9.59 Å². The van der Waals surface area contributed by atoms with Crippen LogP contribution in [0.3, 0.4) is 0 Å². The Morgan fingerprint density at radius 2 is 1.89 bits per heavy atom. The standard InChI is InChI=1S/C14H26N2O2S/c1-6-7-11(13(15)17)12(8-9(2)3)14(18)16-10(4)19-5/h6,9-12H,1,7-8H2,2-5H3,(H2,15,17)(H,16,18)/t10?,11-,12?/m0/s1. The fraction of sp³-hybridized carbons (Fsp3) is 0.714. The maximum Gasteiger partial charge on any atom is 0.224 e. The minimum atomic E-state index is -0.478. The van der Waals surface area contributed by atoms with Gasteiger partial charge in [0.2, 0.25) is 11.8 Å². The number of primary amides is 1. The second-order valence-corrected chi connectivity index (χ2v) is 6.33. The lowest BCUT2D eigenvalue weighted by Gasteiger charge is -2.26. The van der Waals surface area contributed by atoms with Crippen molar-refractivity contribution < 1.29 is 9.59 Å². The first kappa shape index (κ1) is 18.0. The van der Waals surface area contributed by atoms with Crippen molar-refractivity contribution in [2.75, 3.05) is 6.26 Å². The molecule has 4 nitrogen and oxygen atoms in total. The van der Waals surface area contributed by atoms with Crippen LogP contribution in [0, 0.1) is 17.8 Å². The molecule has 0 aromatic rings. The summed E-state index contributed by atoms with van der Waals surface area (Å²) in [7, 11) is 0. The van der Waals surface area contributed by atoms with Crippen LogP contribution in [0.5, 0.6) is 0 Å². The monoisotopic (exact) mass is 286 g/mol. The summed E-state index contributed by atoms with van der Waals surface area (Å²) in [5.41, 5.74) is 5.43. The second-order valence-electron chi connectivity index (χ2n) is 5.16. The van der Waals surface area contributed by atoms with Gasteiger partial charge < -0.3 is 11.1 Å². The van der Waals surface area contributed by atoms with Crippen LogP contribution in [-0.4, -0.2) is 23.4 Å². The number of nitrogens with one attached hydrogen (secondary N) is 1. The molecule has 3 N–H and O–H groups in total. The van der Waals surface area contributed by atoms with Gasteiger partial charge >= 0.3 is 0 Å². The predicted octanol–water partition coefficient (Wildman–Crippen LogP) is 2.15. The van der Waals surface area contributed by atoms with Gasteiger partial charge in [0.05, 0.1) is 17.2 Å². The van der Waals surface area contributed by atoms with E-state index in [4.69, 9.17) is 5.73 Å². The van der Waals surface area contributed by atoms with Gasteiger partial charge in [-0.3, -0.25) is 9.59 Å². The van der Waals surface area contributed by atoms with Crippen LogP contribution in [0.1, 0.15) is 33.6 Å². The zero-order valence-corrected chi connectivity index (χ0v) is 13.1. The molecule has 0 rings (SSSR count). The van der Waals surface area contributed by atoms with Crippen LogP contribution < -0.4 is 11.1 Å². The lowest BCUT2D eigenvalue weighted by Crippen LogP contribution is -2.43. The molecule has 0 aliphatic rings. The van der Waals surface area contributed by atoms with Crippen LogP contribution in [0.25, 0.3) is 0 Å². The fourth-order valence-electron chi connectivity index (χ4n) is 1.99. The molecule has 0 heterocycles. The summed E-state index contributed by atoms with van der Waals surface area (Å²) in [5.74, 6) is -1.07. The molecule has 3 atom stereocenters. The molecule has 0 aromatic carbocycles. The van der Waals surface area contributed by atoms with Crippen LogP contribution in [0.2, 0.25) is 0 Å². The van der Waals surface area contributed by atoms with Crippen molar-refractivity contribution >= 4 is 23.6 Å². The smallest absolute Gasteiger partial charge is 0.224 e. The van der Waals surface area contributed by atoms with Crippen molar-refractivity contribution in [2.24, 2.45) is 23.5 Å². The Hall–Kier alpha value is -0.970. The molecule has 5 heteroatoms. The summed E-state index contributed by atoms with van der Waals surface area (Å²) < 4.78 is 0. The summed E-state index contributed by atoms with van der Waals surface area (Å²) >= 11 is 1.55. The van der Waals surface area contributed by atoms with Gasteiger partial charge in [-0.15, -0.1) is 18.3 Å². The molecule has 0 saturated carbocycles. The SMILES string of the molecule is C=CC[C@H](C(N)=O)C(CC(C)C)C(=O)NC(C)SC. The summed E-state index contributed by atoms with van der Waals surface area (Å²) in [6.07, 6.45) is 4.66. The highest BCUT2D eigenvalue weighted by atomic mass is 32.2. The minimum Gasteiger partial charge on any atom is -0.369 e. The highest BCUT2D eigenvalue weighted by Crippen LogP contribution is 2.24. The van der Waals surface area contributed by atoms with Gasteiger partial charge in [-0.05, 0) is 31.9 Å². The van der Waals surface area contributed by atoms with Crippen molar-refractivity contribution in [2.45, 2.75) is 39.0 Å². The fourth-order valence-corrected chi connectivity index (χ4v) is 2.22. The van der Waals surface area contributed by atoms with Crippen molar-refractivity contribution in [3.05, 3.63) is 12.7 Å². The van der Waals surface area contributed by atoms with E-state index in [1.807, 2.05) is 27.0 Å². The van der Waals surface area contributed by atoms with E-state index in [-0.39, 0.29) is 17.2 Å². The number of thioether (sulfide) groups is 1. The van der Waals surface area contributed by atoms with Crippen molar-refractivity contribution in [3.63, 3.8) is 0 Å². The number of hydrogen-bond donors (Lipinski definition) is 2. The Morgan fingerprint density at radius 3 is 2.26 bits per heavy atom. The molecule has 19 heavy (non-hydrogen) atoms. The lowest BCUT2D eigenvalue weighted by molar-refractivity contribution is -0.133. The predicted molar refractivity (Wildman–Crippen MR) is 81.6 cm³/mol. The molecule has 0 radical (unpaired) electrons. The lowest BCUT2D eigenvalue weighted by atomic mass is 9.82. The molecule has 0 spiro atoms. The van der Waals surface area contributed by atoms with E-state index in [1.165, 1.54) is 0 Å². The molecule has 0 saturated heterocycles. The molecule has 0 aliphatic heterocycles. The van der Waals surface area contributed by atoms with Crippen molar-refractivity contribution in [1.82, 2.24) is 5.32 Å². The van der Waals surface area contributed by atoms with Gasteiger partial charge in [0.15, 0.2) is 0 Å². The third-order valence-corrected chi connectivity index (χ3v) is 3.86. The van der Waals surface area contributed by atoms with Crippen LogP contribution in [-0.2, 0) is 9.59 Å². The number of amides is 2. The van der Waals surface area contributed by atoms with E-state index in [0.717, 1.165) is 0 Å². The van der Waals surface area contributed by atoms with Gasteiger partial charge in [0.25, 0.3) is 0 Å². The Labute approximate surface area is 120 Å². The Kier molecular flexibility index (Phi) is 8.56. The molecule has 0 aromatic heterocycles. The number of carbonyl (C=O) groups excluding carboxylic acids is 2. The number of allylic oxidation sites excluding steroid dienone is 1. The van der Waals surface area contributed by atoms with Crippen molar-refractivity contribution in [3.8, 4) is 0 Å². The average molecular weight is 286 g/mol. The third kappa shape index (κ3) is 6.66. The van der Waals surface area contributed by atoms with Crippen molar-refractivity contribution in [1.29, 1.82) is 0 Å². The third-order valence-electron chi connectivity index (χ3n) is 3.03. The van der Waals surface area contributed by atoms with E-state index in [2.05, 4.69) is 11.9 Å². The molecule has 110 valence electrons. The molecular formula is C14H26N2O2S. The molecule has 0 fully saturated rings. The van der Waals surface area contributed by atoms with Crippen LogP contribution >= 0.6 is 11.8 Å². The Balaban J connectivity index is 4.99. The summed E-state index contributed by atoms with van der Waals surface area (Å²) in [6, 6.07) is 0. The number of hydrogen-bond acceptors (Lipinski definition) is 3. The zero-order chi connectivity index (χ0) is 15.0. The van der Waals surface area contributed by atoms with Gasteiger partial charge in [0.1, 0.15) is 0 Å². The largest absolute Gasteiger partial charge is 0.369 e. The van der Waals surface area contributed by atoms with Gasteiger partial charge in [-0.2, -0.15) is 0 Å². The summed E-state index contributed by atoms with van der Waals surface area (Å²) in [5, 5.41) is 2.94. The highest BCUT2D eigenvalue weighted by molar-refractivity contribution is 7.99. The molecular weight excluding hydrogens is 260 g/mol. The topological polar surface area (TPSA) is 72.2 Å². The summed E-state index contributed by atoms with van der Waals surface area (Å²) in [6.45, 7) is 9.62. The van der Waals surface area contributed by atoms with Gasteiger partial charge in [-0.1, -0.05) is 19.9 Å². The van der Waals surface area contributed by atoms with E-state index < -0.39 is 11.8 Å². The summed E-state index contributed by atoms with van der Waals surface area (Å²) in [4.78, 5) is 23.9. The highest BCUT2D eigenvalue weighted by Gasteiger charge is 2.32. The van der Waals surface area contributed by atoms with E-state index >= 15 is 0 Å². The average Bonchev–Trinajstić information content (AvgIpc) is 2.32. The molecule has 0 bridgehead atoms. The first-order chi connectivity index (χ1) is 8.83. The molecule has 0 aliphatic carbocycles. The maximum atomic E-state index is 12.3. The Morgan fingerprint density at radius 1 is 1.32 bits per heavy atom. The number of rotatable bonds is 9. The first-order valence-corrected chi connectivity index (χ1v) is 7.85. The first-order valence-electron chi connectivity index (χ1n) is 6.56. The van der Waals surface area contributed by atoms with Gasteiger partial charge in [0, 0.05) is 0 Å². The minimum absolute atomic E-state index is 0.0272. The number of carbonyl (C=O) groups is 2. The quantitative estimate of drug-likeness (QED) is 0.504. The van der Waals surface area contributed by atoms with E-state index in [0.29, 0.717) is 18.8 Å². The molecule has 2 unspecified atom stereocenters. The normalized spacial score (nSPS) is 15.6. The van der Waals surface area contributed by atoms with Gasteiger partial charge in [-0.25, -0.2) is 0 Å². The number of nitrogens with two attached hydrogens (primary N) is 1. The van der Waals surface area contributed by atoms with Crippen LogP contribution in [0.4, 0.5) is 0 Å². The Bertz CT molecular complexity index is 319. The zero-order valence-electron chi connectivity index (χ0n) is 12.3. The maximum absolute atomic E-state index is 12.3. The second kappa shape index (κ2) is 9.02. The van der Waals surface area contributed by atoms with Crippen LogP contribution in [0.15, 0.2) is 12.7 Å². The molecule has 2 amide bonds.